The fourth-order valence-electron chi connectivity index (χ4n) is 7.00. The predicted octanol–water partition coefficient (Wildman–Crippen LogP) is 6.26. The summed E-state index contributed by atoms with van der Waals surface area (Å²) in [7, 11) is 4.09. The average Bonchev–Trinajstić information content (AvgIpc) is 3.66. The minimum Gasteiger partial charge on any atom is -0.353 e. The van der Waals surface area contributed by atoms with Crippen molar-refractivity contribution in [2.75, 3.05) is 38.6 Å². The lowest BCUT2D eigenvalue weighted by Gasteiger charge is -2.43. The number of halogens is 3. The second kappa shape index (κ2) is 11.5. The first kappa shape index (κ1) is 30.4. The summed E-state index contributed by atoms with van der Waals surface area (Å²) in [4.78, 5) is 23.6. The maximum atomic E-state index is 17.1. The molecule has 3 aromatic heterocycles. The molecule has 1 N–H and O–H groups in total. The van der Waals surface area contributed by atoms with Gasteiger partial charge in [0.1, 0.15) is 11.3 Å². The SMILES string of the molecule is C=CC(=O)N1CC[C@H](n2ncc3c(N4CC(N(C)C)C4)nc4c(F)c(-c5c(C)c(Cl)cc6[nH]ncc56)c(Cl)cc4c32)C[C@H]1CC#N. The third kappa shape index (κ3) is 4.70. The van der Waals surface area contributed by atoms with Crippen LogP contribution in [-0.4, -0.2) is 86.5 Å². The highest BCUT2D eigenvalue weighted by Crippen LogP contribution is 2.45. The van der Waals surface area contributed by atoms with Crippen LogP contribution in [0.4, 0.5) is 10.2 Å². The summed E-state index contributed by atoms with van der Waals surface area (Å²) >= 11 is 13.6. The summed E-state index contributed by atoms with van der Waals surface area (Å²) in [6, 6.07) is 5.66. The molecule has 0 saturated carbocycles. The minimum absolute atomic E-state index is 0.142. The number of H-pyrrole nitrogens is 1. The van der Waals surface area contributed by atoms with Crippen LogP contribution in [0.15, 0.2) is 37.2 Å². The Bertz CT molecular complexity index is 2090. The molecule has 0 aliphatic carbocycles. The van der Waals surface area contributed by atoms with Gasteiger partial charge >= 0.3 is 0 Å². The highest BCUT2D eigenvalue weighted by molar-refractivity contribution is 6.36. The summed E-state index contributed by atoms with van der Waals surface area (Å²) in [5.41, 5.74) is 3.04. The van der Waals surface area contributed by atoms with Gasteiger partial charge in [-0.25, -0.2) is 9.37 Å². The molecule has 10 nitrogen and oxygen atoms in total. The molecular formula is C33H32Cl2FN9O. The van der Waals surface area contributed by atoms with Gasteiger partial charge in [0.25, 0.3) is 0 Å². The Morgan fingerprint density at radius 2 is 1.98 bits per heavy atom. The summed E-state index contributed by atoms with van der Waals surface area (Å²) in [5, 5.41) is 24.2. The monoisotopic (exact) mass is 659 g/mol. The zero-order chi connectivity index (χ0) is 32.4. The summed E-state index contributed by atoms with van der Waals surface area (Å²) in [5.74, 6) is -0.0912. The van der Waals surface area contributed by atoms with E-state index in [4.69, 9.17) is 33.3 Å². The predicted molar refractivity (Wildman–Crippen MR) is 179 cm³/mol. The van der Waals surface area contributed by atoms with E-state index in [-0.39, 0.29) is 40.5 Å². The Kier molecular flexibility index (Phi) is 7.62. The van der Waals surface area contributed by atoms with Crippen molar-refractivity contribution in [1.82, 2.24) is 34.8 Å². The number of anilines is 1. The minimum atomic E-state index is -0.551. The Morgan fingerprint density at radius 1 is 1.20 bits per heavy atom. The number of pyridine rings is 1. The number of aromatic nitrogens is 5. The Hall–Kier alpha value is -4.24. The number of nitriles is 1. The lowest BCUT2D eigenvalue weighted by molar-refractivity contribution is -0.130. The third-order valence-electron chi connectivity index (χ3n) is 9.60. The Labute approximate surface area is 275 Å². The fourth-order valence-corrected chi connectivity index (χ4v) is 7.49. The number of carbonyl (C=O) groups excluding carboxylic acids is 1. The van der Waals surface area contributed by atoms with E-state index >= 15 is 4.39 Å². The van der Waals surface area contributed by atoms with Crippen molar-refractivity contribution >= 4 is 67.6 Å². The van der Waals surface area contributed by atoms with Crippen LogP contribution in [0.3, 0.4) is 0 Å². The zero-order valence-corrected chi connectivity index (χ0v) is 27.2. The van der Waals surface area contributed by atoms with Gasteiger partial charge < -0.3 is 14.7 Å². The maximum Gasteiger partial charge on any atom is 0.246 e. The van der Waals surface area contributed by atoms with Gasteiger partial charge in [0, 0.05) is 58.6 Å². The van der Waals surface area contributed by atoms with Gasteiger partial charge in [-0.2, -0.15) is 15.5 Å². The van der Waals surface area contributed by atoms with Gasteiger partial charge in [0.05, 0.1) is 52.4 Å². The smallest absolute Gasteiger partial charge is 0.246 e. The molecule has 0 spiro atoms. The van der Waals surface area contributed by atoms with E-state index < -0.39 is 5.82 Å². The molecule has 2 fully saturated rings. The van der Waals surface area contributed by atoms with Crippen molar-refractivity contribution in [3.8, 4) is 17.2 Å². The number of rotatable bonds is 6. The highest BCUT2D eigenvalue weighted by atomic mass is 35.5. The fraction of sp³-hybridized carbons (Fsp3) is 0.364. The third-order valence-corrected chi connectivity index (χ3v) is 10.3. The summed E-state index contributed by atoms with van der Waals surface area (Å²) in [6.07, 6.45) is 6.04. The first-order chi connectivity index (χ1) is 22.1. The van der Waals surface area contributed by atoms with Gasteiger partial charge in [-0.05, 0) is 57.6 Å². The molecule has 5 heterocycles. The lowest BCUT2D eigenvalue weighted by atomic mass is 9.93. The molecule has 0 radical (unpaired) electrons. The van der Waals surface area contributed by atoms with Gasteiger partial charge in [0.2, 0.25) is 5.91 Å². The number of hydrogen-bond donors (Lipinski definition) is 1. The molecule has 0 unspecified atom stereocenters. The number of nitrogens with zero attached hydrogens (tertiary/aromatic N) is 8. The number of hydrogen-bond acceptors (Lipinski definition) is 7. The van der Waals surface area contributed by atoms with Crippen molar-refractivity contribution in [2.24, 2.45) is 0 Å². The second-order valence-corrected chi connectivity index (χ2v) is 13.2. The number of benzene rings is 2. The van der Waals surface area contributed by atoms with Crippen molar-refractivity contribution in [1.29, 1.82) is 5.26 Å². The molecular weight excluding hydrogens is 628 g/mol. The molecule has 5 aromatic rings. The van der Waals surface area contributed by atoms with Gasteiger partial charge in [-0.1, -0.05) is 29.8 Å². The van der Waals surface area contributed by atoms with Crippen LogP contribution in [0.25, 0.3) is 43.8 Å². The van der Waals surface area contributed by atoms with Gasteiger partial charge in [0.15, 0.2) is 5.82 Å². The van der Waals surface area contributed by atoms with Crippen LogP contribution in [0.5, 0.6) is 0 Å². The lowest BCUT2D eigenvalue weighted by Crippen LogP contribution is -2.57. The number of likely N-dealkylation sites (tertiary alicyclic amines) is 1. The second-order valence-electron chi connectivity index (χ2n) is 12.4. The van der Waals surface area contributed by atoms with Crippen LogP contribution in [0.1, 0.15) is 30.9 Å². The number of fused-ring (bicyclic) bond motifs is 4. The van der Waals surface area contributed by atoms with Crippen LogP contribution in [0, 0.1) is 24.1 Å². The number of piperidine rings is 1. The van der Waals surface area contributed by atoms with Crippen LogP contribution in [0.2, 0.25) is 10.0 Å². The maximum absolute atomic E-state index is 17.1. The van der Waals surface area contributed by atoms with E-state index in [1.807, 2.05) is 25.7 Å². The van der Waals surface area contributed by atoms with Gasteiger partial charge in [-0.15, -0.1) is 0 Å². The molecule has 2 saturated heterocycles. The first-order valence-corrected chi connectivity index (χ1v) is 15.9. The van der Waals surface area contributed by atoms with E-state index in [9.17, 15) is 10.1 Å². The van der Waals surface area contributed by atoms with E-state index in [1.165, 1.54) is 6.08 Å². The number of aromatic amines is 1. The molecule has 236 valence electrons. The number of likely N-dealkylation sites (N-methyl/N-ethyl adjacent to an activating group) is 1. The van der Waals surface area contributed by atoms with Crippen molar-refractivity contribution < 1.29 is 9.18 Å². The number of amides is 1. The number of carbonyl (C=O) groups is 1. The zero-order valence-electron chi connectivity index (χ0n) is 25.7. The van der Waals surface area contributed by atoms with E-state index in [1.54, 1.807) is 29.4 Å². The molecule has 1 amide bonds. The molecule has 2 aromatic carbocycles. The largest absolute Gasteiger partial charge is 0.353 e. The van der Waals surface area contributed by atoms with E-state index in [2.05, 4.69) is 32.6 Å². The van der Waals surface area contributed by atoms with Crippen LogP contribution >= 0.6 is 23.2 Å². The van der Waals surface area contributed by atoms with Crippen molar-refractivity contribution in [3.63, 3.8) is 0 Å². The quantitative estimate of drug-likeness (QED) is 0.214. The topological polar surface area (TPSA) is 110 Å². The van der Waals surface area contributed by atoms with Crippen LogP contribution in [-0.2, 0) is 4.79 Å². The van der Waals surface area contributed by atoms with Crippen LogP contribution < -0.4 is 4.90 Å². The molecule has 46 heavy (non-hydrogen) atoms. The Morgan fingerprint density at radius 3 is 2.70 bits per heavy atom. The van der Waals surface area contributed by atoms with E-state index in [0.29, 0.717) is 63.7 Å². The van der Waals surface area contributed by atoms with E-state index in [0.717, 1.165) is 24.0 Å². The Balaban J connectivity index is 1.45. The normalized spacial score (nSPS) is 18.9. The molecule has 7 rings (SSSR count). The average molecular weight is 661 g/mol. The molecule has 2 aliphatic heterocycles. The van der Waals surface area contributed by atoms with Crippen molar-refractivity contribution in [3.05, 3.63) is 58.6 Å². The molecule has 2 atom stereocenters. The van der Waals surface area contributed by atoms with Crippen molar-refractivity contribution in [2.45, 2.75) is 44.3 Å². The highest BCUT2D eigenvalue weighted by Gasteiger charge is 2.36. The molecule has 13 heteroatoms. The molecule has 0 bridgehead atoms. The first-order valence-electron chi connectivity index (χ1n) is 15.2. The standard InChI is InChI=1S/C33H32Cl2FN9O/c1-5-27(46)44-9-7-19(10-18(44)6-8-37)45-32-21-11-25(35)29(28-17(2)24(34)12-26-22(28)13-38-41-26)30(36)31(21)40-33(23(32)14-39-45)43-15-20(16-43)42(3)4/h5,11-14,18-20H,1,6-7,9-10,15-16H2,2-4H3,(H,38,41)/t18-,19+/m1/s1. The summed E-state index contributed by atoms with van der Waals surface area (Å²) in [6.45, 7) is 7.40. The molecule has 2 aliphatic rings. The summed E-state index contributed by atoms with van der Waals surface area (Å²) < 4.78 is 19.0. The number of nitrogens with one attached hydrogen (secondary N) is 1. The van der Waals surface area contributed by atoms with Gasteiger partial charge in [-0.3, -0.25) is 14.6 Å².